The molecule has 0 radical (unpaired) electrons. The summed E-state index contributed by atoms with van der Waals surface area (Å²) in [6.07, 6.45) is 2.75. The largest absolute Gasteiger partial charge is 0.392 e. The quantitative estimate of drug-likeness (QED) is 0.521. The summed E-state index contributed by atoms with van der Waals surface area (Å²) in [5.74, 6) is -0.0962. The second-order valence-electron chi connectivity index (χ2n) is 5.22. The van der Waals surface area contributed by atoms with Crippen molar-refractivity contribution in [3.05, 3.63) is 29.3 Å². The highest BCUT2D eigenvalue weighted by atomic mass is 32.1. The molecule has 120 valence electrons. The number of rotatable bonds is 6. The molecule has 0 unspecified atom stereocenters. The van der Waals surface area contributed by atoms with E-state index in [0.29, 0.717) is 29.7 Å². The van der Waals surface area contributed by atoms with Crippen molar-refractivity contribution < 1.29 is 15.0 Å². The van der Waals surface area contributed by atoms with E-state index in [2.05, 4.69) is 30.6 Å². The summed E-state index contributed by atoms with van der Waals surface area (Å²) < 4.78 is -0.180. The van der Waals surface area contributed by atoms with Crippen molar-refractivity contribution in [3.63, 3.8) is 0 Å². The number of carbonyl (C=O) groups excluding carboxylic acids is 1. The Morgan fingerprint density at radius 3 is 2.00 bits per heavy atom. The van der Waals surface area contributed by atoms with Crippen molar-refractivity contribution in [2.24, 2.45) is 0 Å². The Morgan fingerprint density at radius 1 is 1.14 bits per heavy atom. The van der Waals surface area contributed by atoms with Crippen LogP contribution in [0.4, 0.5) is 5.69 Å². The second-order valence-corrected chi connectivity index (χ2v) is 6.43. The van der Waals surface area contributed by atoms with Crippen molar-refractivity contribution in [2.45, 2.75) is 44.6 Å². The molecule has 0 atom stereocenters. The van der Waals surface area contributed by atoms with Crippen LogP contribution < -0.4 is 5.32 Å². The van der Waals surface area contributed by atoms with Gasteiger partial charge in [-0.05, 0) is 35.9 Å². The molecule has 0 aliphatic heterocycles. The van der Waals surface area contributed by atoms with Gasteiger partial charge in [0, 0.05) is 16.9 Å². The van der Waals surface area contributed by atoms with E-state index in [9.17, 15) is 4.79 Å². The zero-order valence-electron chi connectivity index (χ0n) is 12.8. The highest BCUT2D eigenvalue weighted by Crippen LogP contribution is 2.20. The lowest BCUT2D eigenvalue weighted by atomic mass is 10.1. The average molecular weight is 332 g/mol. The van der Waals surface area contributed by atoms with E-state index in [4.69, 9.17) is 10.2 Å². The van der Waals surface area contributed by atoms with Gasteiger partial charge in [-0.15, -0.1) is 0 Å². The number of carbonyl (C=O) groups is 1. The molecule has 4 nitrogen and oxygen atoms in total. The van der Waals surface area contributed by atoms with Gasteiger partial charge in [-0.25, -0.2) is 0 Å². The molecule has 1 amide bonds. The molecular formula is C15H25NO3S2. The Hall–Kier alpha value is -0.690. The van der Waals surface area contributed by atoms with Crippen molar-refractivity contribution in [1.29, 1.82) is 0 Å². The molecule has 0 fully saturated rings. The number of amides is 1. The molecule has 0 saturated heterocycles. The van der Waals surface area contributed by atoms with Gasteiger partial charge in [0.2, 0.25) is 5.91 Å². The van der Waals surface area contributed by atoms with Gasteiger partial charge in [-0.3, -0.25) is 4.79 Å². The number of thiol groups is 2. The third-order valence-electron chi connectivity index (χ3n) is 2.67. The Morgan fingerprint density at radius 2 is 1.62 bits per heavy atom. The standard InChI is InChI=1S/C14H21NO3S.CH4S/c1-14(2,19)4-3-13(18)15-12-6-10(8-16)5-11(7-12)9-17;1-2/h5-7,16-17,19H,3-4,8-9H2,1-2H3,(H,15,18);2H,1H3. The maximum Gasteiger partial charge on any atom is 0.224 e. The zero-order valence-corrected chi connectivity index (χ0v) is 14.5. The number of aliphatic hydroxyl groups is 2. The molecule has 21 heavy (non-hydrogen) atoms. The van der Waals surface area contributed by atoms with Crippen LogP contribution in [0.5, 0.6) is 0 Å². The monoisotopic (exact) mass is 331 g/mol. The number of hydrogen-bond acceptors (Lipinski definition) is 5. The first-order chi connectivity index (χ1) is 9.84. The van der Waals surface area contributed by atoms with Crippen LogP contribution in [0.2, 0.25) is 0 Å². The van der Waals surface area contributed by atoms with E-state index >= 15 is 0 Å². The molecule has 1 aromatic carbocycles. The van der Waals surface area contributed by atoms with Crippen LogP contribution in [-0.4, -0.2) is 27.1 Å². The minimum Gasteiger partial charge on any atom is -0.392 e. The van der Waals surface area contributed by atoms with Gasteiger partial charge >= 0.3 is 0 Å². The predicted octanol–water partition coefficient (Wildman–Crippen LogP) is 2.64. The average Bonchev–Trinajstić information content (AvgIpc) is 2.46. The van der Waals surface area contributed by atoms with Crippen LogP contribution in [0.15, 0.2) is 18.2 Å². The fraction of sp³-hybridized carbons (Fsp3) is 0.533. The lowest BCUT2D eigenvalue weighted by Gasteiger charge is -2.16. The number of nitrogens with one attached hydrogen (secondary N) is 1. The van der Waals surface area contributed by atoms with Gasteiger partial charge in [-0.1, -0.05) is 19.9 Å². The summed E-state index contributed by atoms with van der Waals surface area (Å²) in [4.78, 5) is 11.8. The highest BCUT2D eigenvalue weighted by Gasteiger charge is 2.14. The maximum atomic E-state index is 11.8. The normalized spacial score (nSPS) is 10.6. The molecule has 0 spiro atoms. The topological polar surface area (TPSA) is 69.6 Å². The molecule has 0 saturated carbocycles. The van der Waals surface area contributed by atoms with Crippen molar-refractivity contribution >= 4 is 36.9 Å². The third-order valence-corrected chi connectivity index (χ3v) is 2.89. The fourth-order valence-electron chi connectivity index (χ4n) is 1.66. The minimum absolute atomic E-state index is 0.0962. The highest BCUT2D eigenvalue weighted by molar-refractivity contribution is 7.81. The summed E-state index contributed by atoms with van der Waals surface area (Å²) in [5.41, 5.74) is 1.92. The second kappa shape index (κ2) is 10.1. The van der Waals surface area contributed by atoms with Crippen molar-refractivity contribution in [3.8, 4) is 0 Å². The van der Waals surface area contributed by atoms with Crippen molar-refractivity contribution in [2.75, 3.05) is 11.6 Å². The van der Waals surface area contributed by atoms with Gasteiger partial charge in [0.05, 0.1) is 13.2 Å². The van der Waals surface area contributed by atoms with Gasteiger partial charge in [0.1, 0.15) is 0 Å². The minimum atomic E-state index is -0.180. The summed E-state index contributed by atoms with van der Waals surface area (Å²) in [6, 6.07) is 5.10. The first kappa shape index (κ1) is 20.3. The lowest BCUT2D eigenvalue weighted by Crippen LogP contribution is -2.17. The fourth-order valence-corrected chi connectivity index (χ4v) is 1.77. The van der Waals surface area contributed by atoms with Gasteiger partial charge in [0.25, 0.3) is 0 Å². The Kier molecular flexibility index (Phi) is 9.77. The SMILES string of the molecule is CC(C)(S)CCC(=O)Nc1cc(CO)cc(CO)c1.CS. The van der Waals surface area contributed by atoms with Crippen molar-refractivity contribution in [1.82, 2.24) is 0 Å². The van der Waals surface area contributed by atoms with Crippen LogP contribution in [0.25, 0.3) is 0 Å². The Bertz CT molecular complexity index is 423. The summed E-state index contributed by atoms with van der Waals surface area (Å²) in [6.45, 7) is 3.67. The third kappa shape index (κ3) is 9.03. The molecule has 0 heterocycles. The van der Waals surface area contributed by atoms with Crippen LogP contribution in [0.1, 0.15) is 37.8 Å². The first-order valence-electron chi connectivity index (χ1n) is 6.65. The van der Waals surface area contributed by atoms with Gasteiger partial charge < -0.3 is 15.5 Å². The van der Waals surface area contributed by atoms with Crippen LogP contribution in [0.3, 0.4) is 0 Å². The molecular weight excluding hydrogens is 306 g/mol. The lowest BCUT2D eigenvalue weighted by molar-refractivity contribution is -0.116. The van der Waals surface area contributed by atoms with Crippen LogP contribution >= 0.6 is 25.3 Å². The maximum absolute atomic E-state index is 11.8. The van der Waals surface area contributed by atoms with Gasteiger partial charge in [0.15, 0.2) is 0 Å². The summed E-state index contributed by atoms with van der Waals surface area (Å²) in [7, 11) is 0. The smallest absolute Gasteiger partial charge is 0.224 e. The van der Waals surface area contributed by atoms with Crippen LogP contribution in [-0.2, 0) is 18.0 Å². The molecule has 1 aromatic rings. The predicted molar refractivity (Wildman–Crippen MR) is 94.1 cm³/mol. The number of aliphatic hydroxyl groups excluding tert-OH is 2. The molecule has 0 aliphatic rings. The van der Waals surface area contributed by atoms with E-state index in [1.807, 2.05) is 13.8 Å². The van der Waals surface area contributed by atoms with E-state index in [1.54, 1.807) is 24.5 Å². The molecule has 0 aliphatic carbocycles. The number of benzene rings is 1. The number of hydrogen-bond donors (Lipinski definition) is 5. The summed E-state index contributed by atoms with van der Waals surface area (Å²) >= 11 is 7.90. The molecule has 0 bridgehead atoms. The summed E-state index contributed by atoms with van der Waals surface area (Å²) in [5, 5.41) is 21.0. The molecule has 1 rings (SSSR count). The van der Waals surface area contributed by atoms with E-state index in [0.717, 1.165) is 0 Å². The van der Waals surface area contributed by atoms with Gasteiger partial charge in [-0.2, -0.15) is 25.3 Å². The zero-order chi connectivity index (χ0) is 16.5. The van der Waals surface area contributed by atoms with E-state index in [1.165, 1.54) is 0 Å². The molecule has 6 heteroatoms. The molecule has 3 N–H and O–H groups in total. The first-order valence-corrected chi connectivity index (χ1v) is 8.00. The van der Waals surface area contributed by atoms with Crippen LogP contribution in [0, 0.1) is 0 Å². The molecule has 0 aromatic heterocycles. The Balaban J connectivity index is 0.00000191. The number of anilines is 1. The Labute approximate surface area is 137 Å². The van der Waals surface area contributed by atoms with E-state index < -0.39 is 0 Å². The van der Waals surface area contributed by atoms with E-state index in [-0.39, 0.29) is 23.9 Å².